The highest BCUT2D eigenvalue weighted by atomic mass is 15.4. The highest BCUT2D eigenvalue weighted by molar-refractivity contribution is 6.22. The van der Waals surface area contributed by atoms with E-state index in [0.29, 0.717) is 17.1 Å². The molecule has 0 aliphatic carbocycles. The molecule has 10 nitrogen and oxygen atoms in total. The Kier molecular flexibility index (Phi) is 7.46. The van der Waals surface area contributed by atoms with Crippen molar-refractivity contribution in [3.63, 3.8) is 0 Å². The van der Waals surface area contributed by atoms with Gasteiger partial charge in [0.05, 0.1) is 46.8 Å². The summed E-state index contributed by atoms with van der Waals surface area (Å²) in [5, 5.41) is 27.0. The number of nitrogens with two attached hydrogens (primary N) is 1. The van der Waals surface area contributed by atoms with Crippen LogP contribution in [-0.4, -0.2) is 67.4 Å². The van der Waals surface area contributed by atoms with Crippen LogP contribution < -0.4 is 11.1 Å². The minimum atomic E-state index is -0.118. The highest BCUT2D eigenvalue weighted by Crippen LogP contribution is 2.35. The number of allylic oxidation sites excluding steroid dienone is 1. The van der Waals surface area contributed by atoms with Gasteiger partial charge in [-0.15, -0.1) is 0 Å². The molecule has 0 unspecified atom stereocenters. The molecule has 5 rings (SSSR count). The molecule has 0 bridgehead atoms. The summed E-state index contributed by atoms with van der Waals surface area (Å²) in [5.41, 5.74) is 11.5. The van der Waals surface area contributed by atoms with Crippen molar-refractivity contribution in [1.82, 2.24) is 24.4 Å². The molecule has 2 saturated heterocycles. The molecule has 0 spiro atoms. The summed E-state index contributed by atoms with van der Waals surface area (Å²) in [6.07, 6.45) is 11.1. The molecule has 40 heavy (non-hydrogen) atoms. The lowest BCUT2D eigenvalue weighted by Gasteiger charge is -2.57. The second-order valence-electron chi connectivity index (χ2n) is 11.2. The topological polar surface area (TPSA) is 135 Å². The molecule has 2 aliphatic heterocycles. The first kappa shape index (κ1) is 27.2. The lowest BCUT2D eigenvalue weighted by Crippen LogP contribution is -2.72. The molecule has 2 fully saturated rings. The zero-order valence-electron chi connectivity index (χ0n) is 23.5. The fourth-order valence-electron chi connectivity index (χ4n) is 5.93. The van der Waals surface area contributed by atoms with E-state index in [1.54, 1.807) is 23.1 Å². The number of aromatic nitrogens is 3. The van der Waals surface area contributed by atoms with Crippen LogP contribution in [0.3, 0.4) is 0 Å². The zero-order valence-corrected chi connectivity index (χ0v) is 23.5. The monoisotopic (exact) mass is 536 g/mol. The summed E-state index contributed by atoms with van der Waals surface area (Å²) in [6.45, 7) is 11.1. The third kappa shape index (κ3) is 4.99. The fraction of sp³-hybridized carbons (Fsp3) is 0.433. The average Bonchev–Trinajstić information content (AvgIpc) is 3.38. The normalized spacial score (nSPS) is 20.9. The number of aliphatic imine (C=N–C) groups is 1. The molecule has 0 amide bonds. The summed E-state index contributed by atoms with van der Waals surface area (Å²) in [7, 11) is 0. The Bertz CT molecular complexity index is 1510. The lowest BCUT2D eigenvalue weighted by molar-refractivity contribution is -0.0570. The fourth-order valence-corrected chi connectivity index (χ4v) is 5.93. The molecular weight excluding hydrogens is 500 g/mol. The van der Waals surface area contributed by atoms with Gasteiger partial charge in [-0.05, 0) is 58.7 Å². The molecule has 10 heteroatoms. The van der Waals surface area contributed by atoms with E-state index in [-0.39, 0.29) is 17.6 Å². The maximum Gasteiger partial charge on any atom is 0.179 e. The van der Waals surface area contributed by atoms with E-state index in [1.165, 1.54) is 0 Å². The predicted molar refractivity (Wildman–Crippen MR) is 156 cm³/mol. The van der Waals surface area contributed by atoms with Crippen molar-refractivity contribution in [3.8, 4) is 12.3 Å². The number of hydrogen-bond donors (Lipinski definition) is 2. The number of hydrogen-bond acceptors (Lipinski definition) is 9. The van der Waals surface area contributed by atoms with Crippen molar-refractivity contribution in [2.45, 2.75) is 64.2 Å². The first-order valence-corrected chi connectivity index (χ1v) is 13.7. The van der Waals surface area contributed by atoms with Gasteiger partial charge in [-0.1, -0.05) is 6.07 Å². The molecule has 2 atom stereocenters. The minimum Gasteiger partial charge on any atom is -0.404 e. The van der Waals surface area contributed by atoms with Crippen LogP contribution in [0.1, 0.15) is 63.4 Å². The van der Waals surface area contributed by atoms with Crippen molar-refractivity contribution in [3.05, 3.63) is 65.9 Å². The van der Waals surface area contributed by atoms with Crippen LogP contribution in [0.2, 0.25) is 0 Å². The Hall–Kier alpha value is -4.41. The van der Waals surface area contributed by atoms with Gasteiger partial charge in [0.2, 0.25) is 0 Å². The summed E-state index contributed by atoms with van der Waals surface area (Å²) < 4.78 is 1.72. The van der Waals surface area contributed by atoms with Gasteiger partial charge in [-0.3, -0.25) is 14.9 Å². The maximum absolute atomic E-state index is 9.71. The molecule has 5 heterocycles. The standard InChI is InChI=1S/C30H36N10/c1-20(36-24-8-11-38(12-9-24)28-18-39(19-33)30(28,3)4)25(15-32)22-13-27(29-23(14-31)16-35-40(29)17-22)37-21(2)26-7-5-6-10-34-26/h5-7,10,13,15-17,21,24,28,37H,8-9,11-12,18,32H2,1-4H3/b25-15+,36-20?/t21-,28-/m1/s1. The van der Waals surface area contributed by atoms with Gasteiger partial charge in [-0.25, -0.2) is 4.52 Å². The van der Waals surface area contributed by atoms with Crippen LogP contribution in [0.5, 0.6) is 0 Å². The van der Waals surface area contributed by atoms with Crippen molar-refractivity contribution in [1.29, 1.82) is 10.5 Å². The van der Waals surface area contributed by atoms with Crippen LogP contribution in [0.4, 0.5) is 5.69 Å². The number of nitrogens with zero attached hydrogens (tertiary/aromatic N) is 8. The van der Waals surface area contributed by atoms with E-state index >= 15 is 0 Å². The number of piperidine rings is 1. The van der Waals surface area contributed by atoms with Gasteiger partial charge >= 0.3 is 0 Å². The largest absolute Gasteiger partial charge is 0.404 e. The van der Waals surface area contributed by atoms with Gasteiger partial charge in [0.25, 0.3) is 0 Å². The summed E-state index contributed by atoms with van der Waals surface area (Å²) in [4.78, 5) is 13.9. The minimum absolute atomic E-state index is 0.0900. The van der Waals surface area contributed by atoms with E-state index in [4.69, 9.17) is 10.7 Å². The van der Waals surface area contributed by atoms with Crippen molar-refractivity contribution in [2.75, 3.05) is 25.0 Å². The molecular formula is C30H36N10. The Morgan fingerprint density at radius 3 is 2.67 bits per heavy atom. The van der Waals surface area contributed by atoms with Crippen LogP contribution in [0, 0.1) is 22.8 Å². The molecule has 3 aromatic heterocycles. The number of likely N-dealkylation sites (tertiary alicyclic amines) is 2. The highest BCUT2D eigenvalue weighted by Gasteiger charge is 2.49. The Morgan fingerprint density at radius 1 is 1.27 bits per heavy atom. The van der Waals surface area contributed by atoms with Gasteiger partial charge in [0, 0.05) is 55.1 Å². The second kappa shape index (κ2) is 11.0. The van der Waals surface area contributed by atoms with Crippen molar-refractivity contribution < 1.29 is 0 Å². The SMILES string of the molecule is CC(=NC1CCN([C@@H]2CN(C#N)C2(C)C)CC1)/C(=C\N)c1cc(N[C@H](C)c2ccccn2)c2c(C#N)cnn2c1. The predicted octanol–water partition coefficient (Wildman–Crippen LogP) is 3.94. The number of anilines is 1. The molecule has 3 N–H and O–H groups in total. The first-order chi connectivity index (χ1) is 19.3. The van der Waals surface area contributed by atoms with Crippen LogP contribution >= 0.6 is 0 Å². The molecule has 0 aromatic carbocycles. The summed E-state index contributed by atoms with van der Waals surface area (Å²) in [5.74, 6) is 0. The van der Waals surface area contributed by atoms with E-state index in [0.717, 1.165) is 60.7 Å². The smallest absolute Gasteiger partial charge is 0.179 e. The van der Waals surface area contributed by atoms with E-state index < -0.39 is 0 Å². The molecule has 0 radical (unpaired) electrons. The summed E-state index contributed by atoms with van der Waals surface area (Å²) >= 11 is 0. The zero-order chi connectivity index (χ0) is 28.4. The van der Waals surface area contributed by atoms with Crippen molar-refractivity contribution in [2.24, 2.45) is 10.7 Å². The molecule has 3 aromatic rings. The number of fused-ring (bicyclic) bond motifs is 1. The van der Waals surface area contributed by atoms with Crippen molar-refractivity contribution >= 4 is 22.5 Å². The van der Waals surface area contributed by atoms with E-state index in [9.17, 15) is 10.5 Å². The van der Waals surface area contributed by atoms with E-state index in [1.807, 2.05) is 49.2 Å². The van der Waals surface area contributed by atoms with Gasteiger partial charge in [0.15, 0.2) is 6.19 Å². The van der Waals surface area contributed by atoms with Crippen LogP contribution in [0.15, 0.2) is 54.0 Å². The number of nitriles is 2. The van der Waals surface area contributed by atoms with Crippen LogP contribution in [-0.2, 0) is 0 Å². The Balaban J connectivity index is 1.36. The number of rotatable bonds is 7. The maximum atomic E-state index is 9.71. The van der Waals surface area contributed by atoms with Gasteiger partial charge < -0.3 is 16.0 Å². The molecule has 0 saturated carbocycles. The van der Waals surface area contributed by atoms with Gasteiger partial charge in [0.1, 0.15) is 11.6 Å². The Labute approximate surface area is 235 Å². The summed E-state index contributed by atoms with van der Waals surface area (Å²) in [6, 6.07) is 10.6. The molecule has 206 valence electrons. The average molecular weight is 537 g/mol. The number of pyridine rings is 2. The first-order valence-electron chi connectivity index (χ1n) is 13.7. The van der Waals surface area contributed by atoms with E-state index in [2.05, 4.69) is 46.4 Å². The number of nitrogens with one attached hydrogen (secondary N) is 1. The van der Waals surface area contributed by atoms with Gasteiger partial charge in [-0.2, -0.15) is 15.6 Å². The Morgan fingerprint density at radius 2 is 2.05 bits per heavy atom. The third-order valence-electron chi connectivity index (χ3n) is 8.41. The second-order valence-corrected chi connectivity index (χ2v) is 11.2. The third-order valence-corrected chi connectivity index (χ3v) is 8.41. The lowest BCUT2D eigenvalue weighted by atomic mass is 9.81. The quantitative estimate of drug-likeness (QED) is 0.342. The molecule has 2 aliphatic rings. The van der Waals surface area contributed by atoms with Crippen LogP contribution in [0.25, 0.3) is 11.1 Å².